The molecule has 1 aliphatic carbocycles. The molecule has 1 N–H and O–H groups in total. The first-order valence-corrected chi connectivity index (χ1v) is 7.29. The van der Waals surface area contributed by atoms with Gasteiger partial charge in [-0.2, -0.15) is 0 Å². The van der Waals surface area contributed by atoms with E-state index in [0.29, 0.717) is 6.04 Å². The Morgan fingerprint density at radius 3 is 2.45 bits per heavy atom. The summed E-state index contributed by atoms with van der Waals surface area (Å²) in [6.45, 7) is 1.01. The Kier molecular flexibility index (Phi) is 5.26. The first-order valence-electron chi connectivity index (χ1n) is 7.29. The van der Waals surface area contributed by atoms with Gasteiger partial charge in [0.15, 0.2) is 11.5 Å². The number of hydrogen-bond acceptors (Lipinski definition) is 4. The highest BCUT2D eigenvalue weighted by atomic mass is 16.5. The quantitative estimate of drug-likeness (QED) is 0.830. The van der Waals surface area contributed by atoms with E-state index in [9.17, 15) is 0 Å². The van der Waals surface area contributed by atoms with Gasteiger partial charge in [-0.15, -0.1) is 0 Å². The molecule has 0 bridgehead atoms. The molecule has 1 aromatic rings. The number of methoxy groups -OCH3 is 2. The van der Waals surface area contributed by atoms with Crippen molar-refractivity contribution < 1.29 is 9.47 Å². The van der Waals surface area contributed by atoms with Gasteiger partial charge in [-0.1, -0.05) is 12.5 Å². The first kappa shape index (κ1) is 15.1. The van der Waals surface area contributed by atoms with Crippen molar-refractivity contribution in [1.29, 1.82) is 0 Å². The second-order valence-corrected chi connectivity index (χ2v) is 5.48. The van der Waals surface area contributed by atoms with Crippen molar-refractivity contribution >= 4 is 0 Å². The maximum atomic E-state index is 5.39. The number of nitrogens with zero attached hydrogens (tertiary/aromatic N) is 1. The lowest BCUT2D eigenvalue weighted by molar-refractivity contribution is 0.146. The lowest BCUT2D eigenvalue weighted by Gasteiger charge is -2.37. The maximum Gasteiger partial charge on any atom is 0.161 e. The molecule has 20 heavy (non-hydrogen) atoms. The van der Waals surface area contributed by atoms with Crippen LogP contribution in [0.2, 0.25) is 0 Å². The normalized spacial score (nSPS) is 16.9. The standard InChI is InChI=1S/C16H26N2O2/c1-17-14(11-18(2)13-6-5-7-13)12-8-9-15(19-3)16(10-12)20-4/h8-10,13-14,17H,5-7,11H2,1-4H3. The second-order valence-electron chi connectivity index (χ2n) is 5.48. The Morgan fingerprint density at radius 2 is 1.95 bits per heavy atom. The molecule has 0 spiro atoms. The molecule has 0 aliphatic heterocycles. The molecule has 4 nitrogen and oxygen atoms in total. The molecule has 1 saturated carbocycles. The molecule has 0 saturated heterocycles. The number of benzene rings is 1. The summed E-state index contributed by atoms with van der Waals surface area (Å²) in [7, 11) is 7.57. The molecule has 1 aliphatic rings. The molecule has 4 heteroatoms. The van der Waals surface area contributed by atoms with Crippen LogP contribution in [0.5, 0.6) is 11.5 Å². The number of ether oxygens (including phenoxy) is 2. The van der Waals surface area contributed by atoms with Crippen LogP contribution in [0.3, 0.4) is 0 Å². The summed E-state index contributed by atoms with van der Waals surface area (Å²) in [4.78, 5) is 2.46. The molecule has 0 radical (unpaired) electrons. The van der Waals surface area contributed by atoms with Crippen LogP contribution in [0, 0.1) is 0 Å². The van der Waals surface area contributed by atoms with Crippen molar-refractivity contribution in [3.05, 3.63) is 23.8 Å². The first-order chi connectivity index (χ1) is 9.69. The zero-order valence-corrected chi connectivity index (χ0v) is 13.0. The van der Waals surface area contributed by atoms with Crippen molar-refractivity contribution in [2.45, 2.75) is 31.3 Å². The van der Waals surface area contributed by atoms with E-state index in [1.807, 2.05) is 13.1 Å². The van der Waals surface area contributed by atoms with Gasteiger partial charge in [-0.05, 0) is 44.6 Å². The van der Waals surface area contributed by atoms with Crippen LogP contribution < -0.4 is 14.8 Å². The number of rotatable bonds is 7. The van der Waals surface area contributed by atoms with E-state index in [4.69, 9.17) is 9.47 Å². The maximum absolute atomic E-state index is 5.39. The van der Waals surface area contributed by atoms with Gasteiger partial charge in [0.1, 0.15) is 0 Å². The van der Waals surface area contributed by atoms with Gasteiger partial charge in [0.2, 0.25) is 0 Å². The van der Waals surface area contributed by atoms with Gasteiger partial charge in [0.05, 0.1) is 14.2 Å². The highest BCUT2D eigenvalue weighted by Gasteiger charge is 2.24. The van der Waals surface area contributed by atoms with E-state index in [0.717, 1.165) is 24.1 Å². The fourth-order valence-electron chi connectivity index (χ4n) is 2.70. The van der Waals surface area contributed by atoms with Gasteiger partial charge in [-0.25, -0.2) is 0 Å². The van der Waals surface area contributed by atoms with Gasteiger partial charge >= 0.3 is 0 Å². The minimum atomic E-state index is 0.306. The molecule has 1 atom stereocenters. The lowest BCUT2D eigenvalue weighted by Crippen LogP contribution is -2.41. The fourth-order valence-corrected chi connectivity index (χ4v) is 2.70. The highest BCUT2D eigenvalue weighted by Crippen LogP contribution is 2.31. The van der Waals surface area contributed by atoms with Crippen molar-refractivity contribution in [3.8, 4) is 11.5 Å². The molecular formula is C16H26N2O2. The van der Waals surface area contributed by atoms with E-state index in [1.54, 1.807) is 14.2 Å². The van der Waals surface area contributed by atoms with Crippen LogP contribution in [0.1, 0.15) is 30.9 Å². The molecular weight excluding hydrogens is 252 g/mol. The summed E-state index contributed by atoms with van der Waals surface area (Å²) in [6, 6.07) is 7.21. The lowest BCUT2D eigenvalue weighted by atomic mass is 9.91. The monoisotopic (exact) mass is 278 g/mol. The summed E-state index contributed by atoms with van der Waals surface area (Å²) < 4.78 is 10.7. The largest absolute Gasteiger partial charge is 0.493 e. The molecule has 0 heterocycles. The predicted molar refractivity (Wildman–Crippen MR) is 81.6 cm³/mol. The van der Waals surface area contributed by atoms with Crippen molar-refractivity contribution in [3.63, 3.8) is 0 Å². The number of nitrogens with one attached hydrogen (secondary N) is 1. The SMILES string of the molecule is CNC(CN(C)C1CCC1)c1ccc(OC)c(OC)c1. The van der Waals surface area contributed by atoms with Crippen LogP contribution in [0.15, 0.2) is 18.2 Å². The molecule has 1 unspecified atom stereocenters. The smallest absolute Gasteiger partial charge is 0.161 e. The van der Waals surface area contributed by atoms with Crippen molar-refractivity contribution in [2.24, 2.45) is 0 Å². The summed E-state index contributed by atoms with van der Waals surface area (Å²) in [6.07, 6.45) is 4.04. The zero-order chi connectivity index (χ0) is 14.5. The summed E-state index contributed by atoms with van der Waals surface area (Å²) in [5, 5.41) is 3.40. The molecule has 2 rings (SSSR count). The Labute approximate surface area is 122 Å². The van der Waals surface area contributed by atoms with Crippen LogP contribution in [0.25, 0.3) is 0 Å². The molecule has 1 aromatic carbocycles. The van der Waals surface area contributed by atoms with E-state index in [2.05, 4.69) is 29.4 Å². The fraction of sp³-hybridized carbons (Fsp3) is 0.625. The van der Waals surface area contributed by atoms with Gasteiger partial charge in [-0.3, -0.25) is 0 Å². The molecule has 112 valence electrons. The van der Waals surface area contributed by atoms with E-state index in [-0.39, 0.29) is 0 Å². The second kappa shape index (κ2) is 6.95. The Bertz CT molecular complexity index is 432. The minimum Gasteiger partial charge on any atom is -0.493 e. The van der Waals surface area contributed by atoms with Crippen molar-refractivity contribution in [2.75, 3.05) is 34.9 Å². The Morgan fingerprint density at radius 1 is 1.25 bits per heavy atom. The van der Waals surface area contributed by atoms with Crippen LogP contribution >= 0.6 is 0 Å². The average molecular weight is 278 g/mol. The Hall–Kier alpha value is -1.26. The van der Waals surface area contributed by atoms with Gasteiger partial charge < -0.3 is 19.7 Å². The predicted octanol–water partition coefficient (Wildman–Crippen LogP) is 2.45. The third kappa shape index (κ3) is 3.25. The van der Waals surface area contributed by atoms with Crippen LogP contribution in [0.4, 0.5) is 0 Å². The van der Waals surface area contributed by atoms with Gasteiger partial charge in [0.25, 0.3) is 0 Å². The van der Waals surface area contributed by atoms with Crippen LogP contribution in [-0.2, 0) is 0 Å². The minimum absolute atomic E-state index is 0.306. The average Bonchev–Trinajstić information content (AvgIpc) is 2.42. The summed E-state index contributed by atoms with van der Waals surface area (Å²) >= 11 is 0. The Balaban J connectivity index is 2.09. The van der Waals surface area contributed by atoms with E-state index in [1.165, 1.54) is 24.8 Å². The van der Waals surface area contributed by atoms with E-state index >= 15 is 0 Å². The zero-order valence-electron chi connectivity index (χ0n) is 13.0. The molecule has 0 aromatic heterocycles. The van der Waals surface area contributed by atoms with Crippen molar-refractivity contribution in [1.82, 2.24) is 10.2 Å². The number of likely N-dealkylation sites (N-methyl/N-ethyl adjacent to an activating group) is 2. The topological polar surface area (TPSA) is 33.7 Å². The summed E-state index contributed by atoms with van der Waals surface area (Å²) in [5.74, 6) is 1.56. The van der Waals surface area contributed by atoms with E-state index < -0.39 is 0 Å². The highest BCUT2D eigenvalue weighted by molar-refractivity contribution is 5.43. The van der Waals surface area contributed by atoms with Crippen LogP contribution in [-0.4, -0.2) is 45.8 Å². The summed E-state index contributed by atoms with van der Waals surface area (Å²) in [5.41, 5.74) is 1.23. The third-order valence-electron chi connectivity index (χ3n) is 4.33. The molecule has 0 amide bonds. The number of hydrogen-bond donors (Lipinski definition) is 1. The molecule has 1 fully saturated rings. The van der Waals surface area contributed by atoms with Gasteiger partial charge in [0, 0.05) is 18.6 Å². The third-order valence-corrected chi connectivity index (χ3v) is 4.33.